The number of aromatic nitrogens is 2. The van der Waals surface area contributed by atoms with Crippen molar-refractivity contribution in [1.82, 2.24) is 9.78 Å². The molecule has 25 heavy (non-hydrogen) atoms. The second-order valence-electron chi connectivity index (χ2n) is 6.23. The minimum Gasteiger partial charge on any atom is -0.493 e. The Balaban J connectivity index is 1.89. The molecule has 132 valence electrons. The van der Waals surface area contributed by atoms with Gasteiger partial charge in [-0.25, -0.2) is 4.99 Å². The first-order chi connectivity index (χ1) is 12.0. The standard InChI is InChI=1S/C17H19N3O4S/c1-8(2)20-16-13(17(21)19-20)15(25-9(3)18-16)10-5-11(22-4)14-12(6-10)23-7-24-14/h5-6,8,15H,7H2,1-4H3,(H,19,21)/t15-/m0/s1. The first-order valence-corrected chi connectivity index (χ1v) is 8.91. The molecule has 0 spiro atoms. The molecule has 0 saturated heterocycles. The van der Waals surface area contributed by atoms with Crippen molar-refractivity contribution in [3.05, 3.63) is 33.6 Å². The molecule has 0 aliphatic carbocycles. The molecule has 2 aliphatic rings. The van der Waals surface area contributed by atoms with Crippen LogP contribution in [0.4, 0.5) is 5.82 Å². The zero-order valence-corrected chi connectivity index (χ0v) is 15.3. The van der Waals surface area contributed by atoms with Gasteiger partial charge in [0, 0.05) is 6.04 Å². The number of nitrogens with one attached hydrogen (secondary N) is 1. The summed E-state index contributed by atoms with van der Waals surface area (Å²) in [7, 11) is 1.59. The van der Waals surface area contributed by atoms with Gasteiger partial charge in [-0.1, -0.05) is 11.8 Å². The van der Waals surface area contributed by atoms with Gasteiger partial charge in [-0.2, -0.15) is 0 Å². The summed E-state index contributed by atoms with van der Waals surface area (Å²) < 4.78 is 18.2. The van der Waals surface area contributed by atoms with E-state index in [-0.39, 0.29) is 23.6 Å². The summed E-state index contributed by atoms with van der Waals surface area (Å²) in [5.74, 6) is 2.53. The molecule has 0 bridgehead atoms. The smallest absolute Gasteiger partial charge is 0.271 e. The van der Waals surface area contributed by atoms with Crippen molar-refractivity contribution in [2.45, 2.75) is 32.1 Å². The van der Waals surface area contributed by atoms with E-state index in [4.69, 9.17) is 14.2 Å². The summed E-state index contributed by atoms with van der Waals surface area (Å²) in [4.78, 5) is 17.2. The number of thioether (sulfide) groups is 1. The van der Waals surface area contributed by atoms with E-state index in [1.54, 1.807) is 18.9 Å². The van der Waals surface area contributed by atoms with Crippen molar-refractivity contribution < 1.29 is 14.2 Å². The summed E-state index contributed by atoms with van der Waals surface area (Å²) in [6.45, 7) is 6.15. The van der Waals surface area contributed by atoms with E-state index in [9.17, 15) is 4.79 Å². The molecule has 7 nitrogen and oxygen atoms in total. The monoisotopic (exact) mass is 361 g/mol. The molecule has 2 aliphatic heterocycles. The molecular formula is C17H19N3O4S. The van der Waals surface area contributed by atoms with Crippen LogP contribution >= 0.6 is 11.8 Å². The SMILES string of the molecule is COc1cc([C@@H]2SC(C)=Nc3c2c(=O)[nH]n3C(C)C)cc2c1OCO2. The molecular weight excluding hydrogens is 342 g/mol. The number of fused-ring (bicyclic) bond motifs is 2. The number of hydrogen-bond donors (Lipinski definition) is 1. The topological polar surface area (TPSA) is 77.8 Å². The molecule has 0 saturated carbocycles. The Morgan fingerprint density at radius 1 is 1.40 bits per heavy atom. The lowest BCUT2D eigenvalue weighted by Gasteiger charge is -2.22. The van der Waals surface area contributed by atoms with E-state index in [0.29, 0.717) is 28.6 Å². The highest BCUT2D eigenvalue weighted by atomic mass is 32.2. The predicted molar refractivity (Wildman–Crippen MR) is 96.8 cm³/mol. The van der Waals surface area contributed by atoms with E-state index in [2.05, 4.69) is 10.1 Å². The predicted octanol–water partition coefficient (Wildman–Crippen LogP) is 3.38. The fourth-order valence-corrected chi connectivity index (χ4v) is 4.20. The van der Waals surface area contributed by atoms with Gasteiger partial charge in [-0.05, 0) is 38.5 Å². The van der Waals surface area contributed by atoms with Gasteiger partial charge in [-0.3, -0.25) is 14.6 Å². The van der Waals surface area contributed by atoms with Crippen molar-refractivity contribution in [3.63, 3.8) is 0 Å². The molecule has 1 aromatic heterocycles. The lowest BCUT2D eigenvalue weighted by Crippen LogP contribution is -2.13. The Kier molecular flexibility index (Phi) is 3.79. The van der Waals surface area contributed by atoms with Crippen LogP contribution < -0.4 is 19.8 Å². The number of ether oxygens (including phenoxy) is 3. The van der Waals surface area contributed by atoms with Crippen molar-refractivity contribution in [1.29, 1.82) is 0 Å². The second kappa shape index (κ2) is 5.87. The molecule has 3 heterocycles. The van der Waals surface area contributed by atoms with Gasteiger partial charge >= 0.3 is 0 Å². The molecule has 1 N–H and O–H groups in total. The van der Waals surface area contributed by atoms with Gasteiger partial charge in [0.25, 0.3) is 5.56 Å². The summed E-state index contributed by atoms with van der Waals surface area (Å²) >= 11 is 1.55. The summed E-state index contributed by atoms with van der Waals surface area (Å²) in [5.41, 5.74) is 1.47. The summed E-state index contributed by atoms with van der Waals surface area (Å²) in [5, 5.41) is 3.63. The Morgan fingerprint density at radius 3 is 2.92 bits per heavy atom. The van der Waals surface area contributed by atoms with E-state index in [1.165, 1.54) is 0 Å². The summed E-state index contributed by atoms with van der Waals surface area (Å²) in [6.07, 6.45) is 0. The quantitative estimate of drug-likeness (QED) is 0.907. The normalized spacial score (nSPS) is 18.3. The third kappa shape index (κ3) is 2.52. The number of aliphatic imine (C=N–C) groups is 1. The molecule has 1 atom stereocenters. The van der Waals surface area contributed by atoms with Crippen molar-refractivity contribution >= 4 is 22.6 Å². The maximum absolute atomic E-state index is 12.6. The molecule has 0 fully saturated rings. The van der Waals surface area contributed by atoms with Gasteiger partial charge < -0.3 is 14.2 Å². The first-order valence-electron chi connectivity index (χ1n) is 8.03. The lowest BCUT2D eigenvalue weighted by molar-refractivity contribution is 0.171. The van der Waals surface area contributed by atoms with Gasteiger partial charge in [0.2, 0.25) is 12.5 Å². The maximum atomic E-state index is 12.6. The van der Waals surface area contributed by atoms with Gasteiger partial charge in [0.1, 0.15) is 0 Å². The summed E-state index contributed by atoms with van der Waals surface area (Å²) in [6, 6.07) is 3.93. The van der Waals surface area contributed by atoms with Crippen LogP contribution in [-0.4, -0.2) is 28.7 Å². The highest BCUT2D eigenvalue weighted by molar-refractivity contribution is 8.14. The maximum Gasteiger partial charge on any atom is 0.271 e. The number of hydrogen-bond acceptors (Lipinski definition) is 6. The van der Waals surface area contributed by atoms with Gasteiger partial charge in [-0.15, -0.1) is 0 Å². The zero-order chi connectivity index (χ0) is 17.7. The van der Waals surface area contributed by atoms with Crippen molar-refractivity contribution in [2.75, 3.05) is 13.9 Å². The Morgan fingerprint density at radius 2 is 2.20 bits per heavy atom. The molecule has 1 aromatic carbocycles. The average Bonchev–Trinajstić information content (AvgIpc) is 3.17. The highest BCUT2D eigenvalue weighted by Gasteiger charge is 2.32. The van der Waals surface area contributed by atoms with Crippen LogP contribution in [0.25, 0.3) is 0 Å². The zero-order valence-electron chi connectivity index (χ0n) is 14.5. The van der Waals surface area contributed by atoms with Crippen molar-refractivity contribution in [3.8, 4) is 17.2 Å². The third-order valence-electron chi connectivity index (χ3n) is 4.25. The molecule has 2 aromatic rings. The fourth-order valence-electron chi connectivity index (χ4n) is 3.12. The van der Waals surface area contributed by atoms with E-state index in [1.807, 2.05) is 37.6 Å². The molecule has 4 rings (SSSR count). The number of methoxy groups -OCH3 is 1. The van der Waals surface area contributed by atoms with Crippen LogP contribution in [-0.2, 0) is 0 Å². The number of rotatable bonds is 3. The number of nitrogens with zero attached hydrogens (tertiary/aromatic N) is 2. The minimum absolute atomic E-state index is 0.114. The van der Waals surface area contributed by atoms with Crippen LogP contribution in [0.2, 0.25) is 0 Å². The number of H-pyrrole nitrogens is 1. The largest absolute Gasteiger partial charge is 0.493 e. The lowest BCUT2D eigenvalue weighted by atomic mass is 10.0. The van der Waals surface area contributed by atoms with Crippen LogP contribution in [0.5, 0.6) is 17.2 Å². The Hall–Kier alpha value is -2.35. The highest BCUT2D eigenvalue weighted by Crippen LogP contribution is 2.49. The number of aromatic amines is 1. The Labute approximate surface area is 149 Å². The number of benzene rings is 1. The van der Waals surface area contributed by atoms with Crippen LogP contribution in [0.3, 0.4) is 0 Å². The van der Waals surface area contributed by atoms with Crippen LogP contribution in [0.1, 0.15) is 43.2 Å². The minimum atomic E-state index is -0.181. The average molecular weight is 361 g/mol. The van der Waals surface area contributed by atoms with E-state index in [0.717, 1.165) is 10.6 Å². The van der Waals surface area contributed by atoms with Crippen molar-refractivity contribution in [2.24, 2.45) is 4.99 Å². The third-order valence-corrected chi connectivity index (χ3v) is 5.43. The van der Waals surface area contributed by atoms with Gasteiger partial charge in [0.15, 0.2) is 17.3 Å². The second-order valence-corrected chi connectivity index (χ2v) is 7.53. The Bertz CT molecular complexity index is 929. The van der Waals surface area contributed by atoms with E-state index >= 15 is 0 Å². The molecule has 0 unspecified atom stereocenters. The van der Waals surface area contributed by atoms with E-state index < -0.39 is 0 Å². The van der Waals surface area contributed by atoms with Crippen LogP contribution in [0, 0.1) is 0 Å². The molecule has 8 heteroatoms. The molecule has 0 radical (unpaired) electrons. The van der Waals surface area contributed by atoms with Crippen LogP contribution in [0.15, 0.2) is 21.9 Å². The molecule has 0 amide bonds. The first kappa shape index (κ1) is 16.1. The fraction of sp³-hybridized carbons (Fsp3) is 0.412. The van der Waals surface area contributed by atoms with Gasteiger partial charge in [0.05, 0.1) is 23.0 Å².